The van der Waals surface area contributed by atoms with Gasteiger partial charge in [0.2, 0.25) is 0 Å². The molecule has 0 aliphatic carbocycles. The minimum atomic E-state index is 0.412. The van der Waals surface area contributed by atoms with Gasteiger partial charge in [-0.05, 0) is 56.3 Å². The lowest BCUT2D eigenvalue weighted by molar-refractivity contribution is 0.444. The van der Waals surface area contributed by atoms with E-state index in [1.807, 2.05) is 0 Å². The van der Waals surface area contributed by atoms with E-state index in [1.54, 1.807) is 0 Å². The number of halogens is 1. The van der Waals surface area contributed by atoms with Crippen LogP contribution >= 0.6 is 15.9 Å². The lowest BCUT2D eigenvalue weighted by Crippen LogP contribution is -2.35. The summed E-state index contributed by atoms with van der Waals surface area (Å²) in [5, 5.41) is 3.62. The molecule has 1 aromatic rings. The van der Waals surface area contributed by atoms with Gasteiger partial charge in [-0.25, -0.2) is 0 Å². The molecule has 1 N–H and O–H groups in total. The molecule has 0 amide bonds. The van der Waals surface area contributed by atoms with Gasteiger partial charge in [0.1, 0.15) is 0 Å². The van der Waals surface area contributed by atoms with Crippen LogP contribution in [-0.4, -0.2) is 19.6 Å². The highest BCUT2D eigenvalue weighted by molar-refractivity contribution is 9.10. The first-order valence-electron chi connectivity index (χ1n) is 7.89. The highest BCUT2D eigenvalue weighted by Gasteiger charge is 2.21. The van der Waals surface area contributed by atoms with Crippen molar-refractivity contribution in [3.05, 3.63) is 28.2 Å². The van der Waals surface area contributed by atoms with Crippen LogP contribution in [0.15, 0.2) is 22.7 Å². The van der Waals surface area contributed by atoms with Crippen molar-refractivity contribution in [3.63, 3.8) is 0 Å². The van der Waals surface area contributed by atoms with Gasteiger partial charge in [0.05, 0.1) is 0 Å². The third-order valence-electron chi connectivity index (χ3n) is 4.16. The standard InChI is InChI=1S/C17H27BrN2/c1-4-9-19-14(3)16-8-7-15(18)11-17(16)20-10-5-6-13(2)12-20/h7-8,11,13-14,19H,4-6,9-10,12H2,1-3H3. The summed E-state index contributed by atoms with van der Waals surface area (Å²) in [4.78, 5) is 2.57. The van der Waals surface area contributed by atoms with Crippen LogP contribution < -0.4 is 10.2 Å². The SMILES string of the molecule is CCCNC(C)c1ccc(Br)cc1N1CCCC(C)C1. The van der Waals surface area contributed by atoms with Crippen LogP contribution in [0.25, 0.3) is 0 Å². The van der Waals surface area contributed by atoms with Crippen LogP contribution in [0.5, 0.6) is 0 Å². The Morgan fingerprint density at radius 3 is 2.95 bits per heavy atom. The second-order valence-corrected chi connectivity index (χ2v) is 6.99. The Hall–Kier alpha value is -0.540. The Morgan fingerprint density at radius 1 is 1.45 bits per heavy atom. The van der Waals surface area contributed by atoms with Crippen molar-refractivity contribution in [3.8, 4) is 0 Å². The van der Waals surface area contributed by atoms with Crippen LogP contribution in [0.1, 0.15) is 51.6 Å². The van der Waals surface area contributed by atoms with Crippen LogP contribution in [0.4, 0.5) is 5.69 Å². The maximum Gasteiger partial charge on any atom is 0.0426 e. The number of rotatable bonds is 5. The maximum absolute atomic E-state index is 3.63. The summed E-state index contributed by atoms with van der Waals surface area (Å²) in [6, 6.07) is 7.13. The molecule has 1 heterocycles. The van der Waals surface area contributed by atoms with Gasteiger partial charge in [0.25, 0.3) is 0 Å². The monoisotopic (exact) mass is 338 g/mol. The van der Waals surface area contributed by atoms with Gasteiger partial charge < -0.3 is 10.2 Å². The van der Waals surface area contributed by atoms with Gasteiger partial charge in [-0.3, -0.25) is 0 Å². The number of anilines is 1. The third-order valence-corrected chi connectivity index (χ3v) is 4.65. The Kier molecular flexibility index (Phi) is 5.91. The van der Waals surface area contributed by atoms with Crippen LogP contribution in [0.3, 0.4) is 0 Å². The summed E-state index contributed by atoms with van der Waals surface area (Å²) in [7, 11) is 0. The molecule has 0 bridgehead atoms. The zero-order valence-corrected chi connectivity index (χ0v) is 14.5. The normalized spacial score (nSPS) is 21.0. The lowest BCUT2D eigenvalue weighted by Gasteiger charge is -2.35. The van der Waals surface area contributed by atoms with Crippen LogP contribution in [0, 0.1) is 5.92 Å². The average molecular weight is 339 g/mol. The predicted molar refractivity (Wildman–Crippen MR) is 91.5 cm³/mol. The summed E-state index contributed by atoms with van der Waals surface area (Å²) in [5.41, 5.74) is 2.83. The molecule has 1 aliphatic rings. The number of nitrogens with zero attached hydrogens (tertiary/aromatic N) is 1. The molecule has 0 radical (unpaired) electrons. The molecule has 0 saturated carbocycles. The van der Waals surface area contributed by atoms with E-state index in [2.05, 4.69) is 65.1 Å². The van der Waals surface area contributed by atoms with Crippen molar-refractivity contribution in [1.82, 2.24) is 5.32 Å². The molecule has 1 aromatic carbocycles. The van der Waals surface area contributed by atoms with Gasteiger partial charge >= 0.3 is 0 Å². The minimum Gasteiger partial charge on any atom is -0.371 e. The molecule has 2 atom stereocenters. The number of hydrogen-bond donors (Lipinski definition) is 1. The van der Waals surface area contributed by atoms with E-state index in [0.717, 1.165) is 12.5 Å². The van der Waals surface area contributed by atoms with E-state index in [-0.39, 0.29) is 0 Å². The number of hydrogen-bond acceptors (Lipinski definition) is 2. The highest BCUT2D eigenvalue weighted by atomic mass is 79.9. The maximum atomic E-state index is 3.63. The Morgan fingerprint density at radius 2 is 2.25 bits per heavy atom. The smallest absolute Gasteiger partial charge is 0.0426 e. The molecule has 2 rings (SSSR count). The van der Waals surface area contributed by atoms with E-state index in [4.69, 9.17) is 0 Å². The first-order chi connectivity index (χ1) is 9.61. The summed E-state index contributed by atoms with van der Waals surface area (Å²) in [6.45, 7) is 10.3. The van der Waals surface area contributed by atoms with Crippen LogP contribution in [0.2, 0.25) is 0 Å². The third kappa shape index (κ3) is 3.98. The fourth-order valence-corrected chi connectivity index (χ4v) is 3.38. The molecule has 3 heteroatoms. The first-order valence-corrected chi connectivity index (χ1v) is 8.69. The molecule has 1 aliphatic heterocycles. The lowest BCUT2D eigenvalue weighted by atomic mass is 9.97. The largest absolute Gasteiger partial charge is 0.371 e. The summed E-state index contributed by atoms with van der Waals surface area (Å²) in [6.07, 6.45) is 3.85. The van der Waals surface area contributed by atoms with Crippen molar-refractivity contribution in [1.29, 1.82) is 0 Å². The molecule has 1 saturated heterocycles. The minimum absolute atomic E-state index is 0.412. The Balaban J connectivity index is 2.23. The summed E-state index contributed by atoms with van der Waals surface area (Å²) < 4.78 is 1.18. The Labute approximate surface area is 132 Å². The summed E-state index contributed by atoms with van der Waals surface area (Å²) in [5.74, 6) is 0.800. The number of piperidine rings is 1. The zero-order valence-electron chi connectivity index (χ0n) is 13.0. The van der Waals surface area contributed by atoms with E-state index >= 15 is 0 Å². The zero-order chi connectivity index (χ0) is 14.5. The molecule has 1 fully saturated rings. The van der Waals surface area contributed by atoms with Gasteiger partial charge in [0.15, 0.2) is 0 Å². The molecule has 2 unspecified atom stereocenters. The van der Waals surface area contributed by atoms with Crippen molar-refractivity contribution in [2.24, 2.45) is 5.92 Å². The van der Waals surface area contributed by atoms with Gasteiger partial charge in [-0.2, -0.15) is 0 Å². The van der Waals surface area contributed by atoms with Gasteiger partial charge in [0, 0.05) is 29.3 Å². The fraction of sp³-hybridized carbons (Fsp3) is 0.647. The second-order valence-electron chi connectivity index (χ2n) is 6.07. The molecule has 0 spiro atoms. The molecule has 2 nitrogen and oxygen atoms in total. The second kappa shape index (κ2) is 7.46. The first kappa shape index (κ1) is 15.8. The van der Waals surface area contributed by atoms with Crippen molar-refractivity contribution < 1.29 is 0 Å². The topological polar surface area (TPSA) is 15.3 Å². The van der Waals surface area contributed by atoms with Crippen molar-refractivity contribution in [2.45, 2.75) is 46.1 Å². The fourth-order valence-electron chi connectivity index (χ4n) is 3.04. The Bertz CT molecular complexity index is 433. The van der Waals surface area contributed by atoms with Crippen LogP contribution in [-0.2, 0) is 0 Å². The van der Waals surface area contributed by atoms with E-state index in [9.17, 15) is 0 Å². The average Bonchev–Trinajstić information content (AvgIpc) is 2.44. The van der Waals surface area contributed by atoms with Crippen molar-refractivity contribution in [2.75, 3.05) is 24.5 Å². The number of nitrogens with one attached hydrogen (secondary N) is 1. The summed E-state index contributed by atoms with van der Waals surface area (Å²) >= 11 is 3.63. The van der Waals surface area contributed by atoms with Crippen molar-refractivity contribution >= 4 is 21.6 Å². The van der Waals surface area contributed by atoms with Gasteiger partial charge in [-0.15, -0.1) is 0 Å². The molecule has 0 aromatic heterocycles. The molecular weight excluding hydrogens is 312 g/mol. The molecular formula is C17H27BrN2. The van der Waals surface area contributed by atoms with E-state index in [0.29, 0.717) is 6.04 Å². The van der Waals surface area contributed by atoms with Gasteiger partial charge in [-0.1, -0.05) is 35.8 Å². The number of benzene rings is 1. The molecule has 112 valence electrons. The molecule has 20 heavy (non-hydrogen) atoms. The van der Waals surface area contributed by atoms with E-state index in [1.165, 1.54) is 48.1 Å². The highest BCUT2D eigenvalue weighted by Crippen LogP contribution is 2.32. The van der Waals surface area contributed by atoms with E-state index < -0.39 is 0 Å². The predicted octanol–water partition coefficient (Wildman–Crippen LogP) is 4.75. The quantitative estimate of drug-likeness (QED) is 0.833.